The van der Waals surface area contributed by atoms with E-state index in [1.165, 1.54) is 154 Å². The van der Waals surface area contributed by atoms with E-state index in [0.29, 0.717) is 91.9 Å². The second-order valence-corrected chi connectivity index (χ2v) is 22.7. The molecule has 11 heteroatoms. The minimum absolute atomic E-state index is 0.380. The Balaban J connectivity index is 1.76. The molecule has 81 heavy (non-hydrogen) atoms. The Labute approximate surface area is 494 Å². The summed E-state index contributed by atoms with van der Waals surface area (Å²) in [5.41, 5.74) is 3.52. The van der Waals surface area contributed by atoms with Crippen LogP contribution in [0.1, 0.15) is 278 Å². The summed E-state index contributed by atoms with van der Waals surface area (Å²) in [6.45, 7) is 19.2. The summed E-state index contributed by atoms with van der Waals surface area (Å²) in [6.07, 6.45) is 42.5. The fourth-order valence-electron chi connectivity index (χ4n) is 9.96. The lowest BCUT2D eigenvalue weighted by Crippen LogP contribution is -2.09. The molecule has 0 radical (unpaired) electrons. The number of aromatic nitrogens is 3. The van der Waals surface area contributed by atoms with Crippen LogP contribution in [-0.2, 0) is 0 Å². The van der Waals surface area contributed by atoms with E-state index in [-0.39, 0.29) is 0 Å². The van der Waals surface area contributed by atoms with Gasteiger partial charge in [-0.15, -0.1) is 0 Å². The van der Waals surface area contributed by atoms with Crippen molar-refractivity contribution in [1.29, 1.82) is 0 Å². The molecule has 0 saturated heterocycles. The van der Waals surface area contributed by atoms with Crippen molar-refractivity contribution in [2.75, 3.05) is 50.3 Å². The third kappa shape index (κ3) is 30.3. The third-order valence-electron chi connectivity index (χ3n) is 15.0. The van der Waals surface area contributed by atoms with Crippen LogP contribution in [0.15, 0.2) is 48.5 Å². The van der Waals surface area contributed by atoms with Gasteiger partial charge in [0, 0.05) is 41.2 Å². The molecule has 0 aliphatic heterocycles. The van der Waals surface area contributed by atoms with E-state index in [0.717, 1.165) is 99.6 Å². The smallest absolute Gasteiger partial charge is 0.232 e. The summed E-state index contributed by atoms with van der Waals surface area (Å²) >= 11 is 0. The molecule has 0 saturated carbocycles. The average Bonchev–Trinajstić information content (AvgIpc) is 3.47. The largest absolute Gasteiger partial charge is 0.489 e. The topological polar surface area (TPSA) is 118 Å². The van der Waals surface area contributed by atoms with E-state index in [1.54, 1.807) is 0 Å². The van der Waals surface area contributed by atoms with Gasteiger partial charge in [0.1, 0.15) is 0 Å². The third-order valence-corrected chi connectivity index (χ3v) is 15.0. The van der Waals surface area contributed by atoms with Gasteiger partial charge in [-0.2, -0.15) is 15.0 Å². The summed E-state index contributed by atoms with van der Waals surface area (Å²) in [4.78, 5) is 15.2. The van der Waals surface area contributed by atoms with Crippen molar-refractivity contribution in [3.63, 3.8) is 0 Å². The van der Waals surface area contributed by atoms with E-state index in [2.05, 4.69) is 83.4 Å². The molecule has 3 aromatic carbocycles. The zero-order chi connectivity index (χ0) is 57.6. The number of ether oxygens (including phenoxy) is 6. The van der Waals surface area contributed by atoms with Gasteiger partial charge in [0.05, 0.1) is 39.6 Å². The van der Waals surface area contributed by atoms with Gasteiger partial charge in [0.25, 0.3) is 0 Å². The molecule has 1 aromatic heterocycles. The lowest BCUT2D eigenvalue weighted by molar-refractivity contribution is 0.234. The first-order valence-corrected chi connectivity index (χ1v) is 33.4. The minimum atomic E-state index is 0.380. The Hall–Kier alpha value is -4.93. The molecule has 4 rings (SSSR count). The summed E-state index contributed by atoms with van der Waals surface area (Å²) in [5, 5.41) is 7.20. The minimum Gasteiger partial charge on any atom is -0.489 e. The van der Waals surface area contributed by atoms with Crippen LogP contribution in [0.25, 0.3) is 11.4 Å². The zero-order valence-electron chi connectivity index (χ0n) is 52.6. The first kappa shape index (κ1) is 68.6. The highest BCUT2D eigenvalue weighted by Gasteiger charge is 2.21. The Morgan fingerprint density at radius 1 is 0.296 bits per heavy atom. The molecule has 0 aliphatic carbocycles. The Kier molecular flexibility index (Phi) is 38.6. The van der Waals surface area contributed by atoms with Gasteiger partial charge in [-0.1, -0.05) is 264 Å². The van der Waals surface area contributed by atoms with Crippen molar-refractivity contribution in [3.05, 3.63) is 54.1 Å². The summed E-state index contributed by atoms with van der Waals surface area (Å²) < 4.78 is 40.2. The maximum absolute atomic E-state index is 6.70. The maximum atomic E-state index is 6.70. The Morgan fingerprint density at radius 3 is 0.815 bits per heavy atom. The molecule has 0 bridgehead atoms. The molecule has 2 N–H and O–H groups in total. The van der Waals surface area contributed by atoms with Gasteiger partial charge < -0.3 is 39.1 Å². The zero-order valence-corrected chi connectivity index (χ0v) is 52.6. The number of nitrogens with zero attached hydrogens (tertiary/aromatic N) is 3. The lowest BCUT2D eigenvalue weighted by Gasteiger charge is -2.20. The normalized spacial score (nSPS) is 11.2. The molecule has 0 fully saturated rings. The highest BCUT2D eigenvalue weighted by molar-refractivity contribution is 5.70. The Morgan fingerprint density at radius 2 is 0.543 bits per heavy atom. The number of aryl methyl sites for hydroxylation is 1. The van der Waals surface area contributed by atoms with Crippen LogP contribution in [0.2, 0.25) is 0 Å². The molecule has 0 aliphatic rings. The van der Waals surface area contributed by atoms with Gasteiger partial charge in [-0.05, 0) is 45.4 Å². The van der Waals surface area contributed by atoms with Crippen molar-refractivity contribution in [2.45, 2.75) is 280 Å². The number of rotatable bonds is 53. The SMILES string of the molecule is CCCCCCCCOc1cc(Nc2nc(Nc3cc(OCCCCCCCC)c(OCCCCCCCC)c(OCCCCCCCC)c3)nc(-c3ccc(C)cc3)n2)cc(OCCCCCCCC)c1OCCCCCCCC. The van der Waals surface area contributed by atoms with Crippen molar-refractivity contribution < 1.29 is 28.4 Å². The number of hydrogen-bond donors (Lipinski definition) is 2. The quantitative estimate of drug-likeness (QED) is 0.0412. The molecular formula is C70H115N5O6. The van der Waals surface area contributed by atoms with Gasteiger partial charge in [-0.25, -0.2) is 0 Å². The van der Waals surface area contributed by atoms with Gasteiger partial charge >= 0.3 is 0 Å². The highest BCUT2D eigenvalue weighted by atomic mass is 16.5. The summed E-state index contributed by atoms with van der Waals surface area (Å²) in [7, 11) is 0. The van der Waals surface area contributed by atoms with E-state index in [1.807, 2.05) is 24.3 Å². The van der Waals surface area contributed by atoms with Crippen LogP contribution in [0, 0.1) is 6.92 Å². The second-order valence-electron chi connectivity index (χ2n) is 22.7. The van der Waals surface area contributed by atoms with Crippen molar-refractivity contribution in [3.8, 4) is 45.9 Å². The summed E-state index contributed by atoms with van der Waals surface area (Å²) in [5.74, 6) is 5.32. The molecule has 0 unspecified atom stereocenters. The predicted octanol–water partition coefficient (Wildman–Crippen LogP) is 21.8. The standard InChI is InChI=1S/C70H115N5O6/c1-8-14-20-26-32-38-48-76-62-54-60(55-63(77-49-39-33-27-21-15-9-2)66(62)80-52-42-36-30-24-18-12-5)71-69-73-68(59-46-44-58(7)45-47-59)74-70(75-69)72-61-56-64(78-50-40-34-28-22-16-10-3)67(81-53-43-37-31-25-19-13-6)65(57-61)79-51-41-35-29-23-17-11-4/h44-47,54-57H,8-43,48-53H2,1-7H3,(H2,71,72,73,74,75). The van der Waals surface area contributed by atoms with Crippen molar-refractivity contribution in [1.82, 2.24) is 15.0 Å². The number of nitrogens with one attached hydrogen (secondary N) is 2. The second kappa shape index (κ2) is 45.6. The van der Waals surface area contributed by atoms with Crippen LogP contribution in [0.5, 0.6) is 34.5 Å². The number of anilines is 4. The maximum Gasteiger partial charge on any atom is 0.232 e. The molecule has 0 atom stereocenters. The van der Waals surface area contributed by atoms with Crippen LogP contribution in [0.3, 0.4) is 0 Å². The fraction of sp³-hybridized carbons (Fsp3) is 0.700. The van der Waals surface area contributed by atoms with E-state index < -0.39 is 0 Å². The Bertz CT molecular complexity index is 1970. The summed E-state index contributed by atoms with van der Waals surface area (Å²) in [6, 6.07) is 16.4. The fourth-order valence-corrected chi connectivity index (χ4v) is 9.96. The van der Waals surface area contributed by atoms with Crippen LogP contribution in [-0.4, -0.2) is 54.6 Å². The first-order chi connectivity index (χ1) is 39.9. The molecular weight excluding hydrogens is 1010 g/mol. The molecule has 456 valence electrons. The van der Waals surface area contributed by atoms with Gasteiger partial charge in [0.2, 0.25) is 23.4 Å². The van der Waals surface area contributed by atoms with Crippen molar-refractivity contribution in [2.24, 2.45) is 0 Å². The number of unbranched alkanes of at least 4 members (excludes halogenated alkanes) is 30. The van der Waals surface area contributed by atoms with E-state index >= 15 is 0 Å². The average molecular weight is 1120 g/mol. The molecule has 11 nitrogen and oxygen atoms in total. The first-order valence-electron chi connectivity index (χ1n) is 33.4. The van der Waals surface area contributed by atoms with E-state index in [4.69, 9.17) is 43.4 Å². The number of hydrogen-bond acceptors (Lipinski definition) is 11. The van der Waals surface area contributed by atoms with E-state index in [9.17, 15) is 0 Å². The van der Waals surface area contributed by atoms with Gasteiger partial charge in [0.15, 0.2) is 28.8 Å². The number of benzene rings is 3. The monoisotopic (exact) mass is 1120 g/mol. The van der Waals surface area contributed by atoms with Gasteiger partial charge in [-0.3, -0.25) is 0 Å². The molecule has 4 aromatic rings. The highest BCUT2D eigenvalue weighted by Crippen LogP contribution is 2.44. The lowest BCUT2D eigenvalue weighted by atomic mass is 10.1. The molecule has 0 amide bonds. The molecule has 1 heterocycles. The molecule has 0 spiro atoms. The predicted molar refractivity (Wildman–Crippen MR) is 343 cm³/mol. The van der Waals surface area contributed by atoms with Crippen LogP contribution >= 0.6 is 0 Å². The van der Waals surface area contributed by atoms with Crippen molar-refractivity contribution >= 4 is 23.3 Å². The van der Waals surface area contributed by atoms with Crippen LogP contribution in [0.4, 0.5) is 23.3 Å². The van der Waals surface area contributed by atoms with Crippen LogP contribution < -0.4 is 39.1 Å².